The summed E-state index contributed by atoms with van der Waals surface area (Å²) in [5.41, 5.74) is 1.52. The molecule has 0 spiro atoms. The van der Waals surface area contributed by atoms with E-state index in [9.17, 15) is 4.79 Å². The van der Waals surface area contributed by atoms with Crippen LogP contribution in [0.15, 0.2) is 137 Å². The number of halogens is 1. The van der Waals surface area contributed by atoms with Crippen molar-refractivity contribution in [2.45, 2.75) is 6.92 Å². The molecule has 0 aliphatic carbocycles. The number of ether oxygens (including phenoxy) is 1. The van der Waals surface area contributed by atoms with Crippen molar-refractivity contribution in [2.75, 3.05) is 6.61 Å². The molecule has 0 bridgehead atoms. The summed E-state index contributed by atoms with van der Waals surface area (Å²) in [5, 5.41) is 6.90. The lowest BCUT2D eigenvalue weighted by Gasteiger charge is -2.20. The molecule has 0 unspecified atom stereocenters. The van der Waals surface area contributed by atoms with Gasteiger partial charge in [0.15, 0.2) is 26.9 Å². The molecule has 3 nitrogen and oxygen atoms in total. The Bertz CT molecular complexity index is 1840. The van der Waals surface area contributed by atoms with Crippen molar-refractivity contribution in [3.8, 4) is 0 Å². The van der Waals surface area contributed by atoms with E-state index in [4.69, 9.17) is 9.15 Å². The zero-order valence-corrected chi connectivity index (χ0v) is 25.0. The number of fused-ring (bicyclic) bond motifs is 2. The smallest absolute Gasteiger partial charge is 0.347 e. The van der Waals surface area contributed by atoms with Gasteiger partial charge in [0.1, 0.15) is 32.8 Å². The van der Waals surface area contributed by atoms with Crippen molar-refractivity contribution in [3.63, 3.8) is 0 Å². The molecule has 1 aromatic heterocycles. The van der Waals surface area contributed by atoms with Gasteiger partial charge < -0.3 is 9.15 Å². The molecule has 40 heavy (non-hydrogen) atoms. The second-order valence-electron chi connectivity index (χ2n) is 9.48. The summed E-state index contributed by atoms with van der Waals surface area (Å²) in [6.07, 6.45) is 1.92. The molecule has 0 aliphatic rings. The van der Waals surface area contributed by atoms with Gasteiger partial charge in [0, 0.05) is 5.39 Å². The Kier molecular flexibility index (Phi) is 7.55. The predicted octanol–water partition coefficient (Wildman–Crippen LogP) is 8.12. The maximum atomic E-state index is 13.1. The molecule has 0 fully saturated rings. The summed E-state index contributed by atoms with van der Waals surface area (Å²) >= 11 is 2.67. The minimum absolute atomic E-state index is 0.413. The van der Waals surface area contributed by atoms with Crippen LogP contribution in [0, 0.1) is 0 Å². The van der Waals surface area contributed by atoms with Gasteiger partial charge in [0.25, 0.3) is 0 Å². The van der Waals surface area contributed by atoms with Crippen molar-refractivity contribution in [1.29, 1.82) is 0 Å². The van der Waals surface area contributed by atoms with Gasteiger partial charge in [-0.1, -0.05) is 72.8 Å². The molecule has 0 atom stereocenters. The molecule has 196 valence electrons. The van der Waals surface area contributed by atoms with Crippen molar-refractivity contribution >= 4 is 76.4 Å². The van der Waals surface area contributed by atoms with Gasteiger partial charge in [-0.15, -0.1) is 0 Å². The highest BCUT2D eigenvalue weighted by Gasteiger charge is 2.43. The van der Waals surface area contributed by atoms with Gasteiger partial charge in [-0.2, -0.15) is 0 Å². The van der Waals surface area contributed by atoms with E-state index in [2.05, 4.69) is 113 Å². The normalized spacial score (nSPS) is 12.1. The van der Waals surface area contributed by atoms with Crippen molar-refractivity contribution in [2.24, 2.45) is 0 Å². The third-order valence-corrected chi connectivity index (χ3v) is 15.0. The molecule has 6 rings (SSSR count). The molecule has 0 radical (unpaired) electrons. The molecule has 5 heteroatoms. The highest BCUT2D eigenvalue weighted by atomic mass is 127. The minimum atomic E-state index is -1.85. The lowest BCUT2D eigenvalue weighted by Crippen LogP contribution is -2.26. The molecular weight excluding hydrogens is 626 g/mol. The number of rotatable bonds is 7. The van der Waals surface area contributed by atoms with E-state index in [1.165, 1.54) is 15.9 Å². The monoisotopic (exact) mass is 653 g/mol. The van der Waals surface area contributed by atoms with Crippen LogP contribution in [-0.2, 0) is 4.74 Å². The average Bonchev–Trinajstić information content (AvgIpc) is 3.00. The van der Waals surface area contributed by atoms with Gasteiger partial charge in [-0.3, -0.25) is 0 Å². The van der Waals surface area contributed by atoms with E-state index in [1.54, 1.807) is 0 Å². The summed E-state index contributed by atoms with van der Waals surface area (Å²) in [6.45, 7) is 2.35. The molecule has 5 aromatic carbocycles. The van der Waals surface area contributed by atoms with Crippen LogP contribution in [0.25, 0.3) is 33.6 Å². The molecule has 6 aromatic rings. The number of benzene rings is 5. The fourth-order valence-corrected chi connectivity index (χ4v) is 10.5. The lowest BCUT2D eigenvalue weighted by atomic mass is 10.1. The Morgan fingerprint density at radius 2 is 1.27 bits per heavy atom. The molecule has 0 saturated heterocycles. The van der Waals surface area contributed by atoms with Crippen molar-refractivity contribution in [3.05, 3.63) is 149 Å². The van der Waals surface area contributed by atoms with E-state index in [0.29, 0.717) is 23.5 Å². The van der Waals surface area contributed by atoms with Crippen LogP contribution in [0.2, 0.25) is 0 Å². The second-order valence-corrected chi connectivity index (χ2v) is 16.5. The van der Waals surface area contributed by atoms with E-state index in [0.717, 1.165) is 21.7 Å². The molecule has 0 aliphatic heterocycles. The predicted molar refractivity (Wildman–Crippen MR) is 179 cm³/mol. The van der Waals surface area contributed by atoms with Crippen molar-refractivity contribution in [1.82, 2.24) is 0 Å². The third kappa shape index (κ3) is 5.10. The molecule has 0 amide bonds. The average molecular weight is 653 g/mol. The summed E-state index contributed by atoms with van der Waals surface area (Å²) in [5.74, 6) is 0.501. The standard InChI is InChI=1S/C35H27IO3P/c1-2-38-34(32-23-28-22-26-11-9-10-12-27(26)24-33(28)39-35(32)37)21-25-17-19-31(20-18-25)40(36,29-13-5-3-6-14-29)30-15-7-4-8-16-30/h3-24H,2H2,1H3/q+1/b34-21-. The maximum absolute atomic E-state index is 13.1. The first kappa shape index (κ1) is 26.5. The van der Waals surface area contributed by atoms with E-state index < -0.39 is 10.5 Å². The molecule has 0 N–H and O–H groups in total. The summed E-state index contributed by atoms with van der Waals surface area (Å²) in [4.78, 5) is 11.2. The Balaban J connectivity index is 1.41. The second kappa shape index (κ2) is 11.4. The quantitative estimate of drug-likeness (QED) is 0.0575. The molecule has 0 saturated carbocycles. The van der Waals surface area contributed by atoms with Gasteiger partial charge in [0.05, 0.1) is 6.61 Å². The Hall–Kier alpha value is -3.73. The largest absolute Gasteiger partial charge is 0.493 e. The Morgan fingerprint density at radius 1 is 0.725 bits per heavy atom. The van der Waals surface area contributed by atoms with Crippen LogP contribution in [0.5, 0.6) is 0 Å². The zero-order chi connectivity index (χ0) is 27.5. The van der Waals surface area contributed by atoms with Gasteiger partial charge in [0.2, 0.25) is 0 Å². The van der Waals surface area contributed by atoms with Crippen molar-refractivity contribution < 1.29 is 9.15 Å². The first-order chi connectivity index (χ1) is 19.6. The highest BCUT2D eigenvalue weighted by Crippen LogP contribution is 2.63. The van der Waals surface area contributed by atoms with Gasteiger partial charge >= 0.3 is 5.63 Å². The zero-order valence-electron chi connectivity index (χ0n) is 22.0. The Morgan fingerprint density at radius 3 is 1.88 bits per heavy atom. The topological polar surface area (TPSA) is 39.4 Å². The third-order valence-electron chi connectivity index (χ3n) is 6.94. The fourth-order valence-electron chi connectivity index (χ4n) is 4.97. The van der Waals surface area contributed by atoms with Crippen LogP contribution >= 0.6 is 26.9 Å². The van der Waals surface area contributed by atoms with Gasteiger partial charge in [-0.25, -0.2) is 4.79 Å². The van der Waals surface area contributed by atoms with Crippen LogP contribution in [0.3, 0.4) is 0 Å². The molecular formula is C35H27IO3P+. The molecule has 1 heterocycles. The fraction of sp³-hybridized carbons (Fsp3) is 0.0571. The maximum Gasteiger partial charge on any atom is 0.347 e. The Labute approximate surface area is 247 Å². The highest BCUT2D eigenvalue weighted by molar-refractivity contribution is 14.2. The van der Waals surface area contributed by atoms with E-state index >= 15 is 0 Å². The summed E-state index contributed by atoms with van der Waals surface area (Å²) in [7, 11) is 0. The summed E-state index contributed by atoms with van der Waals surface area (Å²) in [6, 6.07) is 43.9. The minimum Gasteiger partial charge on any atom is -0.493 e. The number of hydrogen-bond acceptors (Lipinski definition) is 3. The van der Waals surface area contributed by atoms with E-state index in [-0.39, 0.29) is 0 Å². The lowest BCUT2D eigenvalue weighted by molar-refractivity contribution is 0.298. The van der Waals surface area contributed by atoms with Crippen LogP contribution in [0.4, 0.5) is 0 Å². The van der Waals surface area contributed by atoms with Crippen LogP contribution in [-0.4, -0.2) is 6.61 Å². The summed E-state index contributed by atoms with van der Waals surface area (Å²) < 4.78 is 11.7. The van der Waals surface area contributed by atoms with Gasteiger partial charge in [-0.05, 0) is 83.9 Å². The van der Waals surface area contributed by atoms with Crippen LogP contribution < -0.4 is 21.5 Å². The van der Waals surface area contributed by atoms with Crippen LogP contribution in [0.1, 0.15) is 18.1 Å². The number of hydrogen-bond donors (Lipinski definition) is 0. The SMILES string of the molecule is CCO/C(=C\c1ccc([P+](I)(c2ccccc2)c2ccccc2)cc1)c1cc2cc3ccccc3cc2oc1=O. The first-order valence-electron chi connectivity index (χ1n) is 13.2. The first-order valence-corrected chi connectivity index (χ1v) is 17.8. The van der Waals surface area contributed by atoms with E-state index in [1.807, 2.05) is 49.4 Å².